The number of thioether (sulfide) groups is 1. The Labute approximate surface area is 198 Å². The second kappa shape index (κ2) is 8.71. The first-order valence-electron chi connectivity index (χ1n) is 11.8. The fourth-order valence-corrected chi connectivity index (χ4v) is 6.15. The van der Waals surface area contributed by atoms with Gasteiger partial charge in [0.05, 0.1) is 5.70 Å². The molecule has 1 amide bonds. The molecule has 0 atom stereocenters. The van der Waals surface area contributed by atoms with Crippen LogP contribution in [0.15, 0.2) is 65.7 Å². The van der Waals surface area contributed by atoms with Crippen molar-refractivity contribution in [3.8, 4) is 0 Å². The van der Waals surface area contributed by atoms with Crippen molar-refractivity contribution in [1.82, 2.24) is 5.32 Å². The Morgan fingerprint density at radius 3 is 2.61 bits per heavy atom. The predicted octanol–water partition coefficient (Wildman–Crippen LogP) is 5.17. The summed E-state index contributed by atoms with van der Waals surface area (Å²) >= 11 is 2.03. The molecule has 166 valence electrons. The topological polar surface area (TPSA) is 44.7 Å². The van der Waals surface area contributed by atoms with Gasteiger partial charge in [0.1, 0.15) is 5.71 Å². The first kappa shape index (κ1) is 20.5. The third-order valence-electron chi connectivity index (χ3n) is 6.83. The Balaban J connectivity index is 1.26. The van der Waals surface area contributed by atoms with Crippen LogP contribution < -0.4 is 10.2 Å². The minimum absolute atomic E-state index is 0.0668. The number of unbranched alkanes of at least 4 members (excludes halogenated alkanes) is 1. The van der Waals surface area contributed by atoms with Crippen LogP contribution in [-0.2, 0) is 11.2 Å². The molecule has 1 aliphatic carbocycles. The maximum absolute atomic E-state index is 12.8. The summed E-state index contributed by atoms with van der Waals surface area (Å²) in [5, 5.41) is 5.67. The van der Waals surface area contributed by atoms with E-state index in [1.165, 1.54) is 33.5 Å². The number of carbonyl (C=O) groups is 1. The van der Waals surface area contributed by atoms with E-state index in [1.807, 2.05) is 17.8 Å². The van der Waals surface area contributed by atoms with Gasteiger partial charge in [0, 0.05) is 58.7 Å². The molecular formula is C28H27N3OS. The molecule has 0 saturated carbocycles. The van der Waals surface area contributed by atoms with E-state index in [0.717, 1.165) is 54.7 Å². The number of hydrogen-bond acceptors (Lipinski definition) is 4. The van der Waals surface area contributed by atoms with Crippen LogP contribution in [0.2, 0.25) is 0 Å². The minimum atomic E-state index is -0.0668. The summed E-state index contributed by atoms with van der Waals surface area (Å²) in [4.78, 5) is 20.1. The van der Waals surface area contributed by atoms with E-state index in [0.29, 0.717) is 12.3 Å². The molecule has 4 nitrogen and oxygen atoms in total. The van der Waals surface area contributed by atoms with E-state index >= 15 is 0 Å². The Kier molecular flexibility index (Phi) is 5.43. The summed E-state index contributed by atoms with van der Waals surface area (Å²) < 4.78 is 0. The van der Waals surface area contributed by atoms with E-state index in [1.54, 1.807) is 0 Å². The van der Waals surface area contributed by atoms with Gasteiger partial charge in [-0.3, -0.25) is 9.79 Å². The van der Waals surface area contributed by atoms with E-state index < -0.39 is 0 Å². The zero-order chi connectivity index (χ0) is 22.2. The van der Waals surface area contributed by atoms with E-state index in [4.69, 9.17) is 4.99 Å². The van der Waals surface area contributed by atoms with Crippen molar-refractivity contribution in [3.05, 3.63) is 77.4 Å². The highest BCUT2D eigenvalue weighted by Crippen LogP contribution is 2.46. The monoisotopic (exact) mass is 453 g/mol. The molecule has 1 fully saturated rings. The largest absolute Gasteiger partial charge is 0.369 e. The molecule has 0 bridgehead atoms. The zero-order valence-corrected chi connectivity index (χ0v) is 19.5. The molecule has 3 aliphatic rings. The van der Waals surface area contributed by atoms with Crippen molar-refractivity contribution in [2.45, 2.75) is 19.3 Å². The van der Waals surface area contributed by atoms with Crippen molar-refractivity contribution >= 4 is 51.1 Å². The van der Waals surface area contributed by atoms with Crippen molar-refractivity contribution in [2.24, 2.45) is 4.99 Å². The van der Waals surface area contributed by atoms with E-state index in [2.05, 4.69) is 64.8 Å². The second-order valence-corrected chi connectivity index (χ2v) is 10.1. The van der Waals surface area contributed by atoms with Crippen molar-refractivity contribution < 1.29 is 4.79 Å². The van der Waals surface area contributed by atoms with Gasteiger partial charge in [-0.15, -0.1) is 0 Å². The highest BCUT2D eigenvalue weighted by atomic mass is 32.2. The van der Waals surface area contributed by atoms with Crippen molar-refractivity contribution in [2.75, 3.05) is 36.0 Å². The van der Waals surface area contributed by atoms with Gasteiger partial charge in [0.15, 0.2) is 0 Å². The number of fused-ring (bicyclic) bond motifs is 2. The Morgan fingerprint density at radius 1 is 0.909 bits per heavy atom. The SMILES string of the molecule is O=C1NC2=C(C1=NCCCCc1ccccc1)c1ccc(N3CCSCC3)c3cccc2c13. The van der Waals surface area contributed by atoms with Crippen LogP contribution >= 0.6 is 11.8 Å². The summed E-state index contributed by atoms with van der Waals surface area (Å²) in [7, 11) is 0. The standard InChI is InChI=1S/C28H27N3OS/c32-28-27(29-14-5-4-9-19-7-2-1-3-8-19)25-21-12-13-23(31-15-17-33-18-16-31)20-10-6-11-22(24(20)21)26(25)30-28/h1-3,6-8,10-13H,4-5,9,14-18H2,(H,29,30,32). The number of hydrogen-bond donors (Lipinski definition) is 1. The molecule has 6 rings (SSSR count). The van der Waals surface area contributed by atoms with Gasteiger partial charge in [-0.2, -0.15) is 11.8 Å². The van der Waals surface area contributed by atoms with Gasteiger partial charge in [-0.25, -0.2) is 0 Å². The van der Waals surface area contributed by atoms with E-state index in [-0.39, 0.29) is 5.91 Å². The number of carbonyl (C=O) groups excluding carboxylic acids is 1. The molecule has 33 heavy (non-hydrogen) atoms. The van der Waals surface area contributed by atoms with Crippen molar-refractivity contribution in [1.29, 1.82) is 0 Å². The fourth-order valence-electron chi connectivity index (χ4n) is 5.25. The van der Waals surface area contributed by atoms with Crippen LogP contribution in [0.3, 0.4) is 0 Å². The summed E-state index contributed by atoms with van der Waals surface area (Å²) in [6.45, 7) is 2.85. The summed E-state index contributed by atoms with van der Waals surface area (Å²) in [5.41, 5.74) is 7.48. The lowest BCUT2D eigenvalue weighted by atomic mass is 9.98. The second-order valence-electron chi connectivity index (χ2n) is 8.84. The van der Waals surface area contributed by atoms with Gasteiger partial charge in [-0.1, -0.05) is 54.6 Å². The first-order valence-corrected chi connectivity index (χ1v) is 13.0. The molecular weight excluding hydrogens is 426 g/mol. The number of nitrogens with one attached hydrogen (secondary N) is 1. The van der Waals surface area contributed by atoms with Crippen LogP contribution in [0.25, 0.3) is 22.0 Å². The van der Waals surface area contributed by atoms with Crippen LogP contribution in [-0.4, -0.2) is 42.8 Å². The number of benzene rings is 3. The van der Waals surface area contributed by atoms with Gasteiger partial charge >= 0.3 is 0 Å². The average molecular weight is 454 g/mol. The molecule has 3 aromatic rings. The van der Waals surface area contributed by atoms with Crippen LogP contribution in [0.4, 0.5) is 5.69 Å². The average Bonchev–Trinajstić information content (AvgIpc) is 3.35. The highest BCUT2D eigenvalue weighted by Gasteiger charge is 2.37. The number of nitrogens with zero attached hydrogens (tertiary/aromatic N) is 2. The lowest BCUT2D eigenvalue weighted by Crippen LogP contribution is -2.32. The maximum atomic E-state index is 12.8. The third kappa shape index (κ3) is 3.65. The molecule has 0 spiro atoms. The number of rotatable bonds is 6. The number of aryl methyl sites for hydroxylation is 1. The minimum Gasteiger partial charge on any atom is -0.369 e. The molecule has 5 heteroatoms. The predicted molar refractivity (Wildman–Crippen MR) is 140 cm³/mol. The summed E-state index contributed by atoms with van der Waals surface area (Å²) in [5.74, 6) is 2.28. The van der Waals surface area contributed by atoms with Gasteiger partial charge < -0.3 is 10.2 Å². The number of aliphatic imine (C=N–C) groups is 1. The number of amides is 1. The molecule has 1 saturated heterocycles. The van der Waals surface area contributed by atoms with Gasteiger partial charge in [0.25, 0.3) is 5.91 Å². The quantitative estimate of drug-likeness (QED) is 0.524. The lowest BCUT2D eigenvalue weighted by molar-refractivity contribution is -0.113. The lowest BCUT2D eigenvalue weighted by Gasteiger charge is -2.30. The van der Waals surface area contributed by atoms with Crippen LogP contribution in [0.1, 0.15) is 29.5 Å². The highest BCUT2D eigenvalue weighted by molar-refractivity contribution is 7.99. The van der Waals surface area contributed by atoms with Crippen LogP contribution in [0.5, 0.6) is 0 Å². The third-order valence-corrected chi connectivity index (χ3v) is 7.78. The number of anilines is 1. The Bertz CT molecular complexity index is 1290. The van der Waals surface area contributed by atoms with Gasteiger partial charge in [0.2, 0.25) is 0 Å². The molecule has 0 radical (unpaired) electrons. The molecule has 0 unspecified atom stereocenters. The van der Waals surface area contributed by atoms with Crippen molar-refractivity contribution in [3.63, 3.8) is 0 Å². The summed E-state index contributed by atoms with van der Waals surface area (Å²) in [6, 6.07) is 21.5. The zero-order valence-electron chi connectivity index (χ0n) is 18.6. The first-order chi connectivity index (χ1) is 16.3. The Morgan fingerprint density at radius 2 is 1.76 bits per heavy atom. The molecule has 2 heterocycles. The normalized spacial score (nSPS) is 18.4. The molecule has 3 aromatic carbocycles. The smallest absolute Gasteiger partial charge is 0.274 e. The maximum Gasteiger partial charge on any atom is 0.274 e. The van der Waals surface area contributed by atoms with E-state index in [9.17, 15) is 4.79 Å². The van der Waals surface area contributed by atoms with Gasteiger partial charge in [-0.05, 0) is 36.5 Å². The molecule has 1 N–H and O–H groups in total. The Hall–Kier alpha value is -3.05. The molecule has 2 aliphatic heterocycles. The van der Waals surface area contributed by atoms with Crippen LogP contribution in [0, 0.1) is 0 Å². The molecule has 0 aromatic heterocycles. The summed E-state index contributed by atoms with van der Waals surface area (Å²) in [6.07, 6.45) is 3.10. The fraction of sp³-hybridized carbons (Fsp3) is 0.286.